The molecule has 1 aliphatic heterocycles. The average Bonchev–Trinajstić information content (AvgIpc) is 2.69. The maximum absolute atomic E-state index is 11.9. The molecule has 0 spiro atoms. The minimum Gasteiger partial charge on any atom is -0.383 e. The smallest absolute Gasteiger partial charge is 0.237 e. The van der Waals surface area contributed by atoms with Crippen LogP contribution in [0.5, 0.6) is 0 Å². The van der Waals surface area contributed by atoms with Crippen LogP contribution in [0.15, 0.2) is 0 Å². The molecule has 100 valence electrons. The molecule has 0 aromatic rings. The van der Waals surface area contributed by atoms with E-state index in [1.165, 1.54) is 0 Å². The lowest BCUT2D eigenvalue weighted by Crippen LogP contribution is -2.50. The fraction of sp³-hybridized carbons (Fsp3) is 0.917. The molecule has 1 amide bonds. The number of nitrogens with two attached hydrogens (primary N) is 1. The van der Waals surface area contributed by atoms with E-state index in [0.29, 0.717) is 31.7 Å². The summed E-state index contributed by atoms with van der Waals surface area (Å²) in [5, 5.41) is 2.87. The first-order valence-electron chi connectivity index (χ1n) is 6.34. The molecule has 1 aliphatic rings. The lowest BCUT2D eigenvalue weighted by molar-refractivity contribution is -0.126. The van der Waals surface area contributed by atoms with Crippen LogP contribution in [0.1, 0.15) is 20.3 Å². The Morgan fingerprint density at radius 2 is 2.35 bits per heavy atom. The van der Waals surface area contributed by atoms with Crippen LogP contribution in [-0.4, -0.2) is 56.2 Å². The van der Waals surface area contributed by atoms with Crippen LogP contribution in [-0.2, 0) is 9.53 Å². The summed E-state index contributed by atoms with van der Waals surface area (Å²) < 4.78 is 4.91. The lowest BCUT2D eigenvalue weighted by Gasteiger charge is -2.30. The number of carbonyl (C=O) groups excluding carboxylic acids is 1. The van der Waals surface area contributed by atoms with Crippen LogP contribution in [0.3, 0.4) is 0 Å². The molecule has 3 N–H and O–H groups in total. The highest BCUT2D eigenvalue weighted by molar-refractivity contribution is 5.81. The number of nitrogens with zero attached hydrogens (tertiary/aromatic N) is 1. The third kappa shape index (κ3) is 3.66. The zero-order chi connectivity index (χ0) is 12.8. The zero-order valence-corrected chi connectivity index (χ0v) is 11.1. The Balaban J connectivity index is 2.45. The SMILES string of the molecule is COCCNC(=O)C(C)N1CCC(C)C1CN. The van der Waals surface area contributed by atoms with Gasteiger partial charge in [-0.05, 0) is 25.8 Å². The Morgan fingerprint density at radius 1 is 1.65 bits per heavy atom. The molecule has 17 heavy (non-hydrogen) atoms. The largest absolute Gasteiger partial charge is 0.383 e. The standard InChI is InChI=1S/C12H25N3O2/c1-9-4-6-15(11(9)8-13)10(2)12(16)14-5-7-17-3/h9-11H,4-8,13H2,1-3H3,(H,14,16). The van der Waals surface area contributed by atoms with Crippen LogP contribution in [0, 0.1) is 5.92 Å². The third-order valence-corrected chi connectivity index (χ3v) is 3.65. The number of rotatable bonds is 6. The summed E-state index contributed by atoms with van der Waals surface area (Å²) >= 11 is 0. The normalized spacial score (nSPS) is 27.1. The Labute approximate surface area is 104 Å². The molecule has 1 saturated heterocycles. The molecule has 1 heterocycles. The summed E-state index contributed by atoms with van der Waals surface area (Å²) in [4.78, 5) is 14.1. The number of carbonyl (C=O) groups is 1. The van der Waals surface area contributed by atoms with E-state index in [1.807, 2.05) is 6.92 Å². The number of hydrogen-bond donors (Lipinski definition) is 2. The van der Waals surface area contributed by atoms with E-state index in [4.69, 9.17) is 10.5 Å². The Bertz CT molecular complexity index is 248. The van der Waals surface area contributed by atoms with Crippen molar-refractivity contribution in [3.05, 3.63) is 0 Å². The molecule has 0 aliphatic carbocycles. The highest BCUT2D eigenvalue weighted by Gasteiger charge is 2.35. The van der Waals surface area contributed by atoms with Crippen LogP contribution in [0.4, 0.5) is 0 Å². The fourth-order valence-electron chi connectivity index (χ4n) is 2.46. The molecule has 5 nitrogen and oxygen atoms in total. The number of likely N-dealkylation sites (tertiary alicyclic amines) is 1. The second kappa shape index (κ2) is 6.93. The summed E-state index contributed by atoms with van der Waals surface area (Å²) in [6.45, 7) is 6.85. The minimum absolute atomic E-state index is 0.0644. The van der Waals surface area contributed by atoms with Gasteiger partial charge in [-0.3, -0.25) is 9.69 Å². The second-order valence-electron chi connectivity index (χ2n) is 4.77. The van der Waals surface area contributed by atoms with Crippen molar-refractivity contribution >= 4 is 5.91 Å². The van der Waals surface area contributed by atoms with E-state index < -0.39 is 0 Å². The van der Waals surface area contributed by atoms with Gasteiger partial charge in [-0.1, -0.05) is 6.92 Å². The summed E-state index contributed by atoms with van der Waals surface area (Å²) in [5.74, 6) is 0.642. The molecule has 0 radical (unpaired) electrons. The van der Waals surface area contributed by atoms with Crippen molar-refractivity contribution in [3.63, 3.8) is 0 Å². The van der Waals surface area contributed by atoms with Gasteiger partial charge in [0.15, 0.2) is 0 Å². The molecule has 1 rings (SSSR count). The van der Waals surface area contributed by atoms with E-state index >= 15 is 0 Å². The molecule has 0 aromatic carbocycles. The predicted octanol–water partition coefficient (Wildman–Crippen LogP) is -0.193. The van der Waals surface area contributed by atoms with Crippen molar-refractivity contribution in [2.75, 3.05) is 33.4 Å². The molecule has 3 atom stereocenters. The molecule has 0 aromatic heterocycles. The fourth-order valence-corrected chi connectivity index (χ4v) is 2.46. The van der Waals surface area contributed by atoms with Gasteiger partial charge in [0.25, 0.3) is 0 Å². The van der Waals surface area contributed by atoms with Gasteiger partial charge in [0.05, 0.1) is 12.6 Å². The zero-order valence-electron chi connectivity index (χ0n) is 11.1. The first kappa shape index (κ1) is 14.4. The number of nitrogens with one attached hydrogen (secondary N) is 1. The molecule has 1 fully saturated rings. The maximum Gasteiger partial charge on any atom is 0.237 e. The van der Waals surface area contributed by atoms with Crippen molar-refractivity contribution in [2.24, 2.45) is 11.7 Å². The summed E-state index contributed by atoms with van der Waals surface area (Å²) in [5.41, 5.74) is 5.78. The Morgan fingerprint density at radius 3 is 2.94 bits per heavy atom. The number of hydrogen-bond acceptors (Lipinski definition) is 4. The molecule has 0 bridgehead atoms. The monoisotopic (exact) mass is 243 g/mol. The van der Waals surface area contributed by atoms with Gasteiger partial charge in [0.2, 0.25) is 5.91 Å². The Hall–Kier alpha value is -0.650. The lowest BCUT2D eigenvalue weighted by atomic mass is 10.0. The van der Waals surface area contributed by atoms with E-state index in [0.717, 1.165) is 13.0 Å². The van der Waals surface area contributed by atoms with E-state index in [2.05, 4.69) is 17.1 Å². The van der Waals surface area contributed by atoms with Gasteiger partial charge >= 0.3 is 0 Å². The van der Waals surface area contributed by atoms with Crippen molar-refractivity contribution in [2.45, 2.75) is 32.4 Å². The van der Waals surface area contributed by atoms with Crippen LogP contribution in [0.25, 0.3) is 0 Å². The minimum atomic E-state index is -0.106. The van der Waals surface area contributed by atoms with Crippen molar-refractivity contribution < 1.29 is 9.53 Å². The third-order valence-electron chi connectivity index (χ3n) is 3.65. The van der Waals surface area contributed by atoms with Gasteiger partial charge in [-0.25, -0.2) is 0 Å². The van der Waals surface area contributed by atoms with Gasteiger partial charge in [-0.2, -0.15) is 0 Å². The van der Waals surface area contributed by atoms with Crippen LogP contribution < -0.4 is 11.1 Å². The molecular weight excluding hydrogens is 218 g/mol. The molecule has 0 saturated carbocycles. The summed E-state index contributed by atoms with van der Waals surface area (Å²) in [6, 6.07) is 0.225. The quantitative estimate of drug-likeness (QED) is 0.634. The van der Waals surface area contributed by atoms with E-state index in [-0.39, 0.29) is 11.9 Å². The first-order chi connectivity index (χ1) is 8.11. The Kier molecular flexibility index (Phi) is 5.88. The van der Waals surface area contributed by atoms with E-state index in [9.17, 15) is 4.79 Å². The number of amides is 1. The predicted molar refractivity (Wildman–Crippen MR) is 67.7 cm³/mol. The highest BCUT2D eigenvalue weighted by Crippen LogP contribution is 2.25. The van der Waals surface area contributed by atoms with Crippen molar-refractivity contribution in [1.82, 2.24) is 10.2 Å². The van der Waals surface area contributed by atoms with Gasteiger partial charge in [-0.15, -0.1) is 0 Å². The van der Waals surface area contributed by atoms with E-state index in [1.54, 1.807) is 7.11 Å². The topological polar surface area (TPSA) is 67.6 Å². The molecular formula is C12H25N3O2. The molecule has 5 heteroatoms. The van der Waals surface area contributed by atoms with Gasteiger partial charge in [0, 0.05) is 26.2 Å². The van der Waals surface area contributed by atoms with Crippen LogP contribution in [0.2, 0.25) is 0 Å². The number of ether oxygens (including phenoxy) is 1. The average molecular weight is 243 g/mol. The molecule has 3 unspecified atom stereocenters. The highest BCUT2D eigenvalue weighted by atomic mass is 16.5. The van der Waals surface area contributed by atoms with Gasteiger partial charge in [0.1, 0.15) is 0 Å². The van der Waals surface area contributed by atoms with Crippen molar-refractivity contribution in [3.8, 4) is 0 Å². The first-order valence-corrected chi connectivity index (χ1v) is 6.34. The second-order valence-corrected chi connectivity index (χ2v) is 4.77. The number of methoxy groups -OCH3 is 1. The van der Waals surface area contributed by atoms with Gasteiger partial charge < -0.3 is 15.8 Å². The summed E-state index contributed by atoms with van der Waals surface area (Å²) in [7, 11) is 1.63. The maximum atomic E-state index is 11.9. The van der Waals surface area contributed by atoms with Crippen molar-refractivity contribution in [1.29, 1.82) is 0 Å². The summed E-state index contributed by atoms with van der Waals surface area (Å²) in [6.07, 6.45) is 1.12. The van der Waals surface area contributed by atoms with Crippen LogP contribution >= 0.6 is 0 Å².